The number of allylic oxidation sites excluding steroid dienone is 1. The fourth-order valence-corrected chi connectivity index (χ4v) is 4.74. The van der Waals surface area contributed by atoms with Crippen molar-refractivity contribution in [2.75, 3.05) is 5.32 Å². The molecular formula is C31H27FN6. The Balaban J connectivity index is 1.37. The number of halogens is 1. The van der Waals surface area contributed by atoms with Crippen LogP contribution in [0.2, 0.25) is 0 Å². The maximum absolute atomic E-state index is 13.5. The van der Waals surface area contributed by atoms with Crippen molar-refractivity contribution in [2.45, 2.75) is 26.2 Å². The van der Waals surface area contributed by atoms with E-state index in [-0.39, 0.29) is 5.82 Å². The lowest BCUT2D eigenvalue weighted by molar-refractivity contribution is 0.628. The first-order valence-electron chi connectivity index (χ1n) is 12.7. The average Bonchev–Trinajstić information content (AvgIpc) is 3.56. The van der Waals surface area contributed by atoms with Crippen molar-refractivity contribution in [1.82, 2.24) is 25.1 Å². The van der Waals surface area contributed by atoms with Crippen molar-refractivity contribution < 1.29 is 4.39 Å². The van der Waals surface area contributed by atoms with Gasteiger partial charge >= 0.3 is 0 Å². The number of anilines is 1. The Morgan fingerprint density at radius 2 is 1.71 bits per heavy atom. The minimum atomic E-state index is -0.271. The molecule has 3 N–H and O–H groups in total. The van der Waals surface area contributed by atoms with Gasteiger partial charge in [0.25, 0.3) is 0 Å². The third-order valence-electron chi connectivity index (χ3n) is 6.71. The van der Waals surface area contributed by atoms with Crippen molar-refractivity contribution in [2.24, 2.45) is 0 Å². The molecule has 0 amide bonds. The zero-order valence-corrected chi connectivity index (χ0v) is 21.1. The number of hydrogen-bond acceptors (Lipinski definition) is 4. The summed E-state index contributed by atoms with van der Waals surface area (Å²) in [6.07, 6.45) is 8.62. The summed E-state index contributed by atoms with van der Waals surface area (Å²) in [4.78, 5) is 12.5. The van der Waals surface area contributed by atoms with E-state index in [1.54, 1.807) is 18.3 Å². The van der Waals surface area contributed by atoms with E-state index in [0.717, 1.165) is 86.2 Å². The lowest BCUT2D eigenvalue weighted by Gasteiger charge is -2.10. The van der Waals surface area contributed by atoms with Crippen LogP contribution in [0.3, 0.4) is 0 Å². The Kier molecular flexibility index (Phi) is 6.17. The SMILES string of the molecule is C=C(CCCC)Nc1cncc(-c2ccc3[nH]nc(-c4cc5c(-c6ccc(F)cc6)nccc5[nH]4)c3c2)c1. The first-order valence-corrected chi connectivity index (χ1v) is 12.7. The van der Waals surface area contributed by atoms with Gasteiger partial charge in [-0.3, -0.25) is 15.1 Å². The van der Waals surface area contributed by atoms with Crippen LogP contribution in [0.5, 0.6) is 0 Å². The minimum Gasteiger partial charge on any atom is -0.358 e. The van der Waals surface area contributed by atoms with E-state index in [1.807, 2.05) is 24.5 Å². The van der Waals surface area contributed by atoms with Crippen LogP contribution >= 0.6 is 0 Å². The molecule has 0 fully saturated rings. The number of fused-ring (bicyclic) bond motifs is 2. The van der Waals surface area contributed by atoms with Gasteiger partial charge in [-0.25, -0.2) is 4.39 Å². The number of aromatic nitrogens is 5. The summed E-state index contributed by atoms with van der Waals surface area (Å²) >= 11 is 0. The van der Waals surface area contributed by atoms with Crippen LogP contribution < -0.4 is 5.32 Å². The molecule has 0 saturated carbocycles. The first kappa shape index (κ1) is 23.6. The second-order valence-electron chi connectivity index (χ2n) is 9.44. The van der Waals surface area contributed by atoms with Crippen molar-refractivity contribution >= 4 is 27.5 Å². The van der Waals surface area contributed by atoms with Gasteiger partial charge in [0.2, 0.25) is 0 Å². The Morgan fingerprint density at radius 3 is 2.55 bits per heavy atom. The lowest BCUT2D eigenvalue weighted by atomic mass is 10.0. The highest BCUT2D eigenvalue weighted by molar-refractivity contribution is 6.00. The molecule has 38 heavy (non-hydrogen) atoms. The van der Waals surface area contributed by atoms with Gasteiger partial charge in [0.05, 0.1) is 28.8 Å². The van der Waals surface area contributed by atoms with E-state index in [4.69, 9.17) is 0 Å². The number of hydrogen-bond donors (Lipinski definition) is 3. The molecule has 2 aromatic carbocycles. The number of pyridine rings is 2. The van der Waals surface area contributed by atoms with Gasteiger partial charge in [0, 0.05) is 45.5 Å². The third-order valence-corrected chi connectivity index (χ3v) is 6.71. The second-order valence-corrected chi connectivity index (χ2v) is 9.44. The van der Waals surface area contributed by atoms with Crippen LogP contribution in [0.25, 0.3) is 55.6 Å². The molecule has 6 rings (SSSR count). The van der Waals surface area contributed by atoms with E-state index in [9.17, 15) is 4.39 Å². The van der Waals surface area contributed by atoms with Crippen molar-refractivity contribution in [1.29, 1.82) is 0 Å². The summed E-state index contributed by atoms with van der Waals surface area (Å²) < 4.78 is 13.5. The van der Waals surface area contributed by atoms with Gasteiger partial charge in [0.15, 0.2) is 0 Å². The van der Waals surface area contributed by atoms with Crippen molar-refractivity contribution in [3.8, 4) is 33.8 Å². The van der Waals surface area contributed by atoms with Crippen LogP contribution in [0.1, 0.15) is 26.2 Å². The molecule has 188 valence electrons. The highest BCUT2D eigenvalue weighted by atomic mass is 19.1. The molecule has 0 aliphatic rings. The fourth-order valence-electron chi connectivity index (χ4n) is 4.74. The van der Waals surface area contributed by atoms with Gasteiger partial charge in [0.1, 0.15) is 11.5 Å². The van der Waals surface area contributed by atoms with E-state index >= 15 is 0 Å². The predicted octanol–water partition coefficient (Wildman–Crippen LogP) is 8.09. The second kappa shape index (κ2) is 9.94. The molecule has 7 heteroatoms. The topological polar surface area (TPSA) is 82.3 Å². The smallest absolute Gasteiger partial charge is 0.123 e. The molecule has 0 aliphatic carbocycles. The number of benzene rings is 2. The number of unbranched alkanes of at least 4 members (excludes halogenated alkanes) is 1. The standard InChI is InChI=1S/C31H27FN6/c1-3-4-5-19(2)35-24-14-22(17-33-18-24)21-8-11-28-25(15-21)31(38-37-28)29-16-26-27(36-29)12-13-34-30(26)20-6-9-23(32)10-7-20/h6-18,35-36H,2-5H2,1H3,(H,37,38). The molecule has 6 nitrogen and oxygen atoms in total. The van der Waals surface area contributed by atoms with Gasteiger partial charge in [-0.2, -0.15) is 5.10 Å². The Bertz CT molecular complexity index is 1760. The molecule has 4 aromatic heterocycles. The zero-order chi connectivity index (χ0) is 26.1. The summed E-state index contributed by atoms with van der Waals surface area (Å²) in [6, 6.07) is 18.7. The molecule has 0 unspecified atom stereocenters. The lowest BCUT2D eigenvalue weighted by Crippen LogP contribution is -1.98. The first-order chi connectivity index (χ1) is 18.6. The molecule has 4 heterocycles. The number of nitrogens with zero attached hydrogens (tertiary/aromatic N) is 3. The number of aromatic amines is 2. The summed E-state index contributed by atoms with van der Waals surface area (Å²) in [5, 5.41) is 13.1. The summed E-state index contributed by atoms with van der Waals surface area (Å²) in [5.74, 6) is -0.271. The van der Waals surface area contributed by atoms with Gasteiger partial charge in [-0.1, -0.05) is 26.0 Å². The summed E-state index contributed by atoms with van der Waals surface area (Å²) in [6.45, 7) is 6.31. The molecule has 0 atom stereocenters. The maximum Gasteiger partial charge on any atom is 0.123 e. The molecule has 6 aromatic rings. The molecule has 0 aliphatic heterocycles. The normalized spacial score (nSPS) is 11.3. The molecule has 0 bridgehead atoms. The van der Waals surface area contributed by atoms with E-state index in [1.165, 1.54) is 12.1 Å². The van der Waals surface area contributed by atoms with Crippen molar-refractivity contribution in [3.63, 3.8) is 0 Å². The monoisotopic (exact) mass is 502 g/mol. The molecule has 0 saturated heterocycles. The fraction of sp³-hybridized carbons (Fsp3) is 0.129. The van der Waals surface area contributed by atoms with Crippen LogP contribution in [-0.4, -0.2) is 25.1 Å². The van der Waals surface area contributed by atoms with Crippen LogP contribution in [0.15, 0.2) is 91.5 Å². The van der Waals surface area contributed by atoms with Crippen molar-refractivity contribution in [3.05, 3.63) is 97.3 Å². The van der Waals surface area contributed by atoms with E-state index < -0.39 is 0 Å². The minimum absolute atomic E-state index is 0.271. The van der Waals surface area contributed by atoms with Crippen LogP contribution in [0, 0.1) is 5.82 Å². The highest BCUT2D eigenvalue weighted by Crippen LogP contribution is 2.34. The highest BCUT2D eigenvalue weighted by Gasteiger charge is 2.15. The quantitative estimate of drug-likeness (QED) is 0.196. The number of nitrogens with one attached hydrogen (secondary N) is 3. The Morgan fingerprint density at radius 1 is 0.895 bits per heavy atom. The summed E-state index contributed by atoms with van der Waals surface area (Å²) in [5.41, 5.74) is 9.18. The van der Waals surface area contributed by atoms with E-state index in [2.05, 4.69) is 68.2 Å². The van der Waals surface area contributed by atoms with Crippen LogP contribution in [-0.2, 0) is 0 Å². The predicted molar refractivity (Wildman–Crippen MR) is 152 cm³/mol. The molecule has 0 spiro atoms. The largest absolute Gasteiger partial charge is 0.358 e. The Labute approximate surface area is 219 Å². The molecular weight excluding hydrogens is 475 g/mol. The zero-order valence-electron chi connectivity index (χ0n) is 21.1. The van der Waals surface area contributed by atoms with Crippen LogP contribution in [0.4, 0.5) is 10.1 Å². The summed E-state index contributed by atoms with van der Waals surface area (Å²) in [7, 11) is 0. The van der Waals surface area contributed by atoms with Gasteiger partial charge < -0.3 is 10.3 Å². The van der Waals surface area contributed by atoms with E-state index in [0.29, 0.717) is 0 Å². The number of H-pyrrole nitrogens is 2. The molecule has 0 radical (unpaired) electrons. The number of rotatable bonds is 8. The van der Waals surface area contributed by atoms with Gasteiger partial charge in [-0.15, -0.1) is 0 Å². The Hall–Kier alpha value is -4.78. The average molecular weight is 503 g/mol. The van der Waals surface area contributed by atoms with Gasteiger partial charge in [-0.05, 0) is 73.0 Å². The maximum atomic E-state index is 13.5. The third kappa shape index (κ3) is 4.54.